The van der Waals surface area contributed by atoms with Crippen molar-refractivity contribution < 1.29 is 19.0 Å². The summed E-state index contributed by atoms with van der Waals surface area (Å²) >= 11 is 1.69. The van der Waals surface area contributed by atoms with E-state index in [2.05, 4.69) is 4.90 Å². The second-order valence-corrected chi connectivity index (χ2v) is 9.03. The van der Waals surface area contributed by atoms with Crippen LogP contribution in [0.25, 0.3) is 10.2 Å². The molecular weight excluding hydrogens is 390 g/mol. The fraction of sp³-hybridized carbons (Fsp3) is 0.619. The predicted molar refractivity (Wildman–Crippen MR) is 112 cm³/mol. The number of thiazole rings is 1. The maximum absolute atomic E-state index is 13.0. The second kappa shape index (κ2) is 7.74. The Morgan fingerprint density at radius 2 is 1.90 bits per heavy atom. The standard InChI is InChI=1S/C21H27N3O4S/c1-26-16-2-3-17-18(14-16)29-20(22-17)24-8-4-15(5-9-24)19(25)23-10-6-21(7-11-23)27-12-13-28-21/h2-3,14-15H,4-13H2,1H3. The molecule has 0 unspecified atom stereocenters. The minimum absolute atomic E-state index is 0.111. The zero-order chi connectivity index (χ0) is 19.8. The van der Waals surface area contributed by atoms with Gasteiger partial charge in [-0.05, 0) is 31.0 Å². The molecule has 0 saturated carbocycles. The summed E-state index contributed by atoms with van der Waals surface area (Å²) in [5, 5.41) is 1.04. The lowest BCUT2D eigenvalue weighted by Gasteiger charge is -2.40. The molecule has 0 bridgehead atoms. The smallest absolute Gasteiger partial charge is 0.225 e. The molecule has 1 aromatic carbocycles. The maximum Gasteiger partial charge on any atom is 0.225 e. The van der Waals surface area contributed by atoms with E-state index in [-0.39, 0.29) is 5.92 Å². The summed E-state index contributed by atoms with van der Waals surface area (Å²) in [4.78, 5) is 22.1. The number of nitrogens with zero attached hydrogens (tertiary/aromatic N) is 3. The van der Waals surface area contributed by atoms with Crippen LogP contribution in [0.4, 0.5) is 5.13 Å². The summed E-state index contributed by atoms with van der Waals surface area (Å²) in [5.74, 6) is 0.843. The molecule has 1 spiro atoms. The van der Waals surface area contributed by atoms with Gasteiger partial charge in [0, 0.05) is 44.9 Å². The van der Waals surface area contributed by atoms with Crippen LogP contribution in [0.1, 0.15) is 25.7 Å². The number of fused-ring (bicyclic) bond motifs is 1. The Bertz CT molecular complexity index is 877. The van der Waals surface area contributed by atoms with Gasteiger partial charge in [-0.2, -0.15) is 0 Å². The molecule has 1 aromatic heterocycles. The van der Waals surface area contributed by atoms with Gasteiger partial charge >= 0.3 is 0 Å². The van der Waals surface area contributed by atoms with Crippen molar-refractivity contribution in [3.8, 4) is 5.75 Å². The highest BCUT2D eigenvalue weighted by molar-refractivity contribution is 7.22. The van der Waals surface area contributed by atoms with Crippen LogP contribution in [0, 0.1) is 5.92 Å². The average Bonchev–Trinajstić information content (AvgIpc) is 3.40. The number of benzene rings is 1. The molecule has 1 amide bonds. The van der Waals surface area contributed by atoms with Gasteiger partial charge in [0.1, 0.15) is 5.75 Å². The molecule has 156 valence electrons. The third-order valence-corrected chi connectivity index (χ3v) is 7.43. The summed E-state index contributed by atoms with van der Waals surface area (Å²) in [6.45, 7) is 4.56. The molecule has 2 aromatic rings. The van der Waals surface area contributed by atoms with Crippen molar-refractivity contribution in [1.29, 1.82) is 0 Å². The summed E-state index contributed by atoms with van der Waals surface area (Å²) in [7, 11) is 1.68. The largest absolute Gasteiger partial charge is 0.497 e. The zero-order valence-electron chi connectivity index (χ0n) is 16.8. The van der Waals surface area contributed by atoms with Gasteiger partial charge in [-0.25, -0.2) is 4.98 Å². The number of piperidine rings is 2. The minimum Gasteiger partial charge on any atom is -0.497 e. The zero-order valence-corrected chi connectivity index (χ0v) is 17.6. The first-order valence-corrected chi connectivity index (χ1v) is 11.2. The molecule has 3 aliphatic rings. The van der Waals surface area contributed by atoms with E-state index in [0.717, 1.165) is 73.0 Å². The molecule has 0 aliphatic carbocycles. The van der Waals surface area contributed by atoms with Crippen LogP contribution in [0.15, 0.2) is 18.2 Å². The van der Waals surface area contributed by atoms with Crippen LogP contribution >= 0.6 is 11.3 Å². The third kappa shape index (κ3) is 3.69. The molecule has 4 heterocycles. The van der Waals surface area contributed by atoms with Crippen LogP contribution < -0.4 is 9.64 Å². The van der Waals surface area contributed by atoms with Gasteiger partial charge in [0.15, 0.2) is 10.9 Å². The number of likely N-dealkylation sites (tertiary alicyclic amines) is 1. The van der Waals surface area contributed by atoms with Gasteiger partial charge in [-0.15, -0.1) is 0 Å². The molecule has 0 N–H and O–H groups in total. The van der Waals surface area contributed by atoms with Gasteiger partial charge in [0.25, 0.3) is 0 Å². The fourth-order valence-corrected chi connectivity index (χ4v) is 5.63. The minimum atomic E-state index is -0.421. The van der Waals surface area contributed by atoms with Gasteiger partial charge in [-0.1, -0.05) is 11.3 Å². The van der Waals surface area contributed by atoms with E-state index >= 15 is 0 Å². The normalized spacial score (nSPS) is 22.5. The Hall–Kier alpha value is -1.90. The summed E-state index contributed by atoms with van der Waals surface area (Å²) in [5.41, 5.74) is 1.00. The average molecular weight is 418 g/mol. The van der Waals surface area contributed by atoms with Crippen molar-refractivity contribution in [3.05, 3.63) is 18.2 Å². The van der Waals surface area contributed by atoms with E-state index in [1.165, 1.54) is 0 Å². The van der Waals surface area contributed by atoms with E-state index in [9.17, 15) is 4.79 Å². The Labute approximate surface area is 174 Å². The highest BCUT2D eigenvalue weighted by atomic mass is 32.1. The van der Waals surface area contributed by atoms with Gasteiger partial charge in [0.05, 0.1) is 30.5 Å². The Balaban J connectivity index is 1.18. The first kappa shape index (κ1) is 19.1. The fourth-order valence-electron chi connectivity index (χ4n) is 4.58. The molecule has 3 aliphatic heterocycles. The molecule has 0 atom stereocenters. The highest BCUT2D eigenvalue weighted by Crippen LogP contribution is 2.35. The van der Waals surface area contributed by atoms with Crippen molar-refractivity contribution in [2.75, 3.05) is 51.4 Å². The van der Waals surface area contributed by atoms with E-state index in [1.54, 1.807) is 18.4 Å². The topological polar surface area (TPSA) is 64.1 Å². The first-order valence-electron chi connectivity index (χ1n) is 10.4. The van der Waals surface area contributed by atoms with Crippen molar-refractivity contribution in [2.24, 2.45) is 5.92 Å². The lowest BCUT2D eigenvalue weighted by molar-refractivity contribution is -0.188. The van der Waals surface area contributed by atoms with Crippen LogP contribution in [-0.2, 0) is 14.3 Å². The number of rotatable bonds is 3. The Kier molecular flexibility index (Phi) is 5.09. The maximum atomic E-state index is 13.0. The predicted octanol–water partition coefficient (Wildman–Crippen LogP) is 2.89. The lowest BCUT2D eigenvalue weighted by Crippen LogP contribution is -2.50. The number of carbonyl (C=O) groups excluding carboxylic acids is 1. The van der Waals surface area contributed by atoms with Crippen LogP contribution in [0.3, 0.4) is 0 Å². The van der Waals surface area contributed by atoms with Gasteiger partial charge in [0.2, 0.25) is 5.91 Å². The summed E-state index contributed by atoms with van der Waals surface area (Å²) in [6, 6.07) is 5.99. The van der Waals surface area contributed by atoms with Crippen molar-refractivity contribution in [1.82, 2.24) is 9.88 Å². The summed E-state index contributed by atoms with van der Waals surface area (Å²) in [6.07, 6.45) is 3.33. The SMILES string of the molecule is COc1ccc2nc(N3CCC(C(=O)N4CCC5(CC4)OCCO5)CC3)sc2c1. The van der Waals surface area contributed by atoms with E-state index in [1.807, 2.05) is 23.1 Å². The van der Waals surface area contributed by atoms with E-state index in [4.69, 9.17) is 19.2 Å². The number of anilines is 1. The van der Waals surface area contributed by atoms with Crippen molar-refractivity contribution in [2.45, 2.75) is 31.5 Å². The number of hydrogen-bond donors (Lipinski definition) is 0. The van der Waals surface area contributed by atoms with E-state index < -0.39 is 5.79 Å². The molecule has 7 nitrogen and oxygen atoms in total. The Morgan fingerprint density at radius 1 is 1.17 bits per heavy atom. The van der Waals surface area contributed by atoms with Crippen LogP contribution in [0.5, 0.6) is 5.75 Å². The third-order valence-electron chi connectivity index (χ3n) is 6.35. The summed E-state index contributed by atoms with van der Waals surface area (Å²) < 4.78 is 18.0. The first-order chi connectivity index (χ1) is 14.2. The molecular formula is C21H27N3O4S. The van der Waals surface area contributed by atoms with Crippen molar-refractivity contribution >= 4 is 32.6 Å². The number of methoxy groups -OCH3 is 1. The van der Waals surface area contributed by atoms with Crippen LogP contribution in [0.2, 0.25) is 0 Å². The highest BCUT2D eigenvalue weighted by Gasteiger charge is 2.42. The Morgan fingerprint density at radius 3 is 2.59 bits per heavy atom. The number of hydrogen-bond acceptors (Lipinski definition) is 7. The number of aromatic nitrogens is 1. The lowest BCUT2D eigenvalue weighted by atomic mass is 9.94. The molecule has 29 heavy (non-hydrogen) atoms. The number of carbonyl (C=O) groups is 1. The monoisotopic (exact) mass is 417 g/mol. The number of amides is 1. The van der Waals surface area contributed by atoms with Crippen molar-refractivity contribution in [3.63, 3.8) is 0 Å². The van der Waals surface area contributed by atoms with Gasteiger partial charge < -0.3 is 24.0 Å². The van der Waals surface area contributed by atoms with Crippen LogP contribution in [-0.4, -0.2) is 68.1 Å². The van der Waals surface area contributed by atoms with Gasteiger partial charge in [-0.3, -0.25) is 4.79 Å². The molecule has 0 radical (unpaired) electrons. The molecule has 3 saturated heterocycles. The molecule has 3 fully saturated rings. The second-order valence-electron chi connectivity index (χ2n) is 8.02. The van der Waals surface area contributed by atoms with E-state index in [0.29, 0.717) is 19.1 Å². The molecule has 8 heteroatoms. The number of ether oxygens (including phenoxy) is 3. The molecule has 5 rings (SSSR count). The quantitative estimate of drug-likeness (QED) is 0.765.